The van der Waals surface area contributed by atoms with Gasteiger partial charge in [-0.1, -0.05) is 24.3 Å². The van der Waals surface area contributed by atoms with E-state index in [0.717, 1.165) is 16.9 Å². The van der Waals surface area contributed by atoms with E-state index in [0.29, 0.717) is 6.61 Å². The van der Waals surface area contributed by atoms with Gasteiger partial charge in [-0.3, -0.25) is 0 Å². The normalized spacial score (nSPS) is 12.2. The topological polar surface area (TPSA) is 18.5 Å². The Morgan fingerprint density at radius 3 is 2.40 bits per heavy atom. The Labute approximate surface area is 91.5 Å². The molecule has 1 aromatic carbocycles. The number of benzene rings is 1. The molecule has 0 radical (unpaired) electrons. The Bertz CT molecular complexity index is 314. The van der Waals surface area contributed by atoms with Crippen molar-refractivity contribution in [3.8, 4) is 5.75 Å². The molecule has 0 saturated heterocycles. The van der Waals surface area contributed by atoms with Crippen LogP contribution in [0.1, 0.15) is 19.4 Å². The van der Waals surface area contributed by atoms with Gasteiger partial charge in [0.25, 0.3) is 0 Å². The molecule has 0 bridgehead atoms. The zero-order valence-electron chi connectivity index (χ0n) is 9.62. The van der Waals surface area contributed by atoms with Gasteiger partial charge in [-0.15, -0.1) is 0 Å². The highest BCUT2D eigenvalue weighted by molar-refractivity contribution is 5.61. The van der Waals surface area contributed by atoms with E-state index < -0.39 is 0 Å². The van der Waals surface area contributed by atoms with Crippen LogP contribution >= 0.6 is 0 Å². The molecular formula is C13H18O2. The average Bonchev–Trinajstić information content (AvgIpc) is 2.26. The zero-order valence-corrected chi connectivity index (χ0v) is 9.62. The van der Waals surface area contributed by atoms with Crippen LogP contribution in [0.5, 0.6) is 5.75 Å². The average molecular weight is 206 g/mol. The van der Waals surface area contributed by atoms with Crippen LogP contribution in [-0.2, 0) is 4.74 Å². The van der Waals surface area contributed by atoms with Crippen LogP contribution in [0.2, 0.25) is 0 Å². The predicted molar refractivity (Wildman–Crippen MR) is 63.1 cm³/mol. The van der Waals surface area contributed by atoms with Crippen molar-refractivity contribution < 1.29 is 9.47 Å². The highest BCUT2D eigenvalue weighted by Gasteiger charge is 2.00. The van der Waals surface area contributed by atoms with Crippen molar-refractivity contribution in [2.75, 3.05) is 13.7 Å². The monoisotopic (exact) mass is 206 g/mol. The van der Waals surface area contributed by atoms with Gasteiger partial charge in [0.2, 0.25) is 0 Å². The number of methoxy groups -OCH3 is 1. The molecule has 0 spiro atoms. The lowest BCUT2D eigenvalue weighted by Gasteiger charge is -2.11. The van der Waals surface area contributed by atoms with Gasteiger partial charge in [-0.05, 0) is 31.5 Å². The lowest BCUT2D eigenvalue weighted by Crippen LogP contribution is -2.15. The minimum Gasteiger partial charge on any atom is -0.491 e. The summed E-state index contributed by atoms with van der Waals surface area (Å²) in [5.41, 5.74) is 2.20. The molecule has 0 N–H and O–H groups in total. The Balaban J connectivity index is 2.53. The molecule has 2 heteroatoms. The van der Waals surface area contributed by atoms with Crippen molar-refractivity contribution in [1.29, 1.82) is 0 Å². The second-order valence-electron chi connectivity index (χ2n) is 3.66. The second kappa shape index (κ2) is 5.56. The van der Waals surface area contributed by atoms with Gasteiger partial charge in [-0.25, -0.2) is 0 Å². The number of ether oxygens (including phenoxy) is 2. The predicted octanol–water partition coefficient (Wildman–Crippen LogP) is 3.13. The largest absolute Gasteiger partial charge is 0.491 e. The molecule has 1 aromatic rings. The SMILES string of the molecule is C=C(C)c1ccc(OCC(C)OC)cc1. The Hall–Kier alpha value is -1.28. The van der Waals surface area contributed by atoms with E-state index in [1.54, 1.807) is 7.11 Å². The molecule has 82 valence electrons. The fourth-order valence-electron chi connectivity index (χ4n) is 1.12. The van der Waals surface area contributed by atoms with Crippen LogP contribution in [0.25, 0.3) is 5.57 Å². The third-order valence-electron chi connectivity index (χ3n) is 2.23. The Kier molecular flexibility index (Phi) is 4.37. The standard InChI is InChI=1S/C13H18O2/c1-10(2)12-5-7-13(8-6-12)15-9-11(3)14-4/h5-8,11H,1,9H2,2-4H3. The van der Waals surface area contributed by atoms with Gasteiger partial charge in [-0.2, -0.15) is 0 Å². The Morgan fingerprint density at radius 2 is 1.93 bits per heavy atom. The van der Waals surface area contributed by atoms with E-state index >= 15 is 0 Å². The molecule has 0 heterocycles. The summed E-state index contributed by atoms with van der Waals surface area (Å²) in [4.78, 5) is 0. The first-order valence-electron chi connectivity index (χ1n) is 5.05. The number of hydrogen-bond acceptors (Lipinski definition) is 2. The highest BCUT2D eigenvalue weighted by atomic mass is 16.5. The zero-order chi connectivity index (χ0) is 11.3. The first kappa shape index (κ1) is 11.8. The smallest absolute Gasteiger partial charge is 0.119 e. The van der Waals surface area contributed by atoms with Crippen LogP contribution < -0.4 is 4.74 Å². The van der Waals surface area contributed by atoms with Gasteiger partial charge in [0.15, 0.2) is 0 Å². The van der Waals surface area contributed by atoms with Crippen LogP contribution in [0.15, 0.2) is 30.8 Å². The summed E-state index contributed by atoms with van der Waals surface area (Å²) in [6.07, 6.45) is 0.116. The molecule has 0 saturated carbocycles. The van der Waals surface area contributed by atoms with Crippen molar-refractivity contribution in [2.24, 2.45) is 0 Å². The van der Waals surface area contributed by atoms with E-state index in [1.165, 1.54) is 0 Å². The van der Waals surface area contributed by atoms with Gasteiger partial charge >= 0.3 is 0 Å². The second-order valence-corrected chi connectivity index (χ2v) is 3.66. The fraction of sp³-hybridized carbons (Fsp3) is 0.385. The van der Waals surface area contributed by atoms with Crippen LogP contribution in [0, 0.1) is 0 Å². The first-order valence-corrected chi connectivity index (χ1v) is 5.05. The maximum atomic E-state index is 5.54. The number of hydrogen-bond donors (Lipinski definition) is 0. The summed E-state index contributed by atoms with van der Waals surface area (Å²) in [6.45, 7) is 8.42. The summed E-state index contributed by atoms with van der Waals surface area (Å²) in [5, 5.41) is 0. The summed E-state index contributed by atoms with van der Waals surface area (Å²) >= 11 is 0. The summed E-state index contributed by atoms with van der Waals surface area (Å²) in [6, 6.07) is 7.92. The lowest BCUT2D eigenvalue weighted by atomic mass is 10.1. The third kappa shape index (κ3) is 3.76. The minimum atomic E-state index is 0.116. The molecule has 15 heavy (non-hydrogen) atoms. The molecule has 1 atom stereocenters. The maximum absolute atomic E-state index is 5.54. The molecular weight excluding hydrogens is 188 g/mol. The van der Waals surface area contributed by atoms with E-state index in [1.807, 2.05) is 38.1 Å². The van der Waals surface area contributed by atoms with E-state index in [9.17, 15) is 0 Å². The molecule has 0 aromatic heterocycles. The van der Waals surface area contributed by atoms with Crippen LogP contribution in [0.3, 0.4) is 0 Å². The number of allylic oxidation sites excluding steroid dienone is 1. The summed E-state index contributed by atoms with van der Waals surface area (Å²) in [7, 11) is 1.68. The highest BCUT2D eigenvalue weighted by Crippen LogP contribution is 2.17. The molecule has 0 aliphatic carbocycles. The van der Waals surface area contributed by atoms with E-state index in [2.05, 4.69) is 6.58 Å². The van der Waals surface area contributed by atoms with Crippen molar-refractivity contribution in [1.82, 2.24) is 0 Å². The molecule has 0 fully saturated rings. The van der Waals surface area contributed by atoms with Crippen molar-refractivity contribution in [2.45, 2.75) is 20.0 Å². The van der Waals surface area contributed by atoms with Crippen LogP contribution in [0.4, 0.5) is 0 Å². The molecule has 1 unspecified atom stereocenters. The van der Waals surface area contributed by atoms with Gasteiger partial charge in [0.1, 0.15) is 12.4 Å². The van der Waals surface area contributed by atoms with E-state index in [-0.39, 0.29) is 6.10 Å². The maximum Gasteiger partial charge on any atom is 0.119 e. The number of rotatable bonds is 5. The molecule has 0 amide bonds. The molecule has 0 aliphatic rings. The van der Waals surface area contributed by atoms with Gasteiger partial charge < -0.3 is 9.47 Å². The van der Waals surface area contributed by atoms with Crippen molar-refractivity contribution in [3.63, 3.8) is 0 Å². The fourth-order valence-corrected chi connectivity index (χ4v) is 1.12. The molecule has 1 rings (SSSR count). The lowest BCUT2D eigenvalue weighted by molar-refractivity contribution is 0.0717. The van der Waals surface area contributed by atoms with Gasteiger partial charge in [0, 0.05) is 7.11 Å². The molecule has 2 nitrogen and oxygen atoms in total. The Morgan fingerprint density at radius 1 is 1.33 bits per heavy atom. The van der Waals surface area contributed by atoms with Crippen LogP contribution in [-0.4, -0.2) is 19.8 Å². The van der Waals surface area contributed by atoms with Gasteiger partial charge in [0.05, 0.1) is 6.10 Å². The minimum absolute atomic E-state index is 0.116. The summed E-state index contributed by atoms with van der Waals surface area (Å²) < 4.78 is 10.6. The quantitative estimate of drug-likeness (QED) is 0.737. The first-order chi connectivity index (χ1) is 7.13. The van der Waals surface area contributed by atoms with Crippen molar-refractivity contribution in [3.05, 3.63) is 36.4 Å². The summed E-state index contributed by atoms with van der Waals surface area (Å²) in [5.74, 6) is 0.865. The molecule has 0 aliphatic heterocycles. The van der Waals surface area contributed by atoms with E-state index in [4.69, 9.17) is 9.47 Å². The van der Waals surface area contributed by atoms with Crippen molar-refractivity contribution >= 4 is 5.57 Å². The third-order valence-corrected chi connectivity index (χ3v) is 2.23.